The van der Waals surface area contributed by atoms with Crippen molar-refractivity contribution in [1.82, 2.24) is 24.6 Å². The summed E-state index contributed by atoms with van der Waals surface area (Å²) in [5.41, 5.74) is 6.08. The molecule has 39 heavy (non-hydrogen) atoms. The third-order valence-corrected chi connectivity index (χ3v) is 8.20. The normalized spacial score (nSPS) is 23.0. The fourth-order valence-corrected chi connectivity index (χ4v) is 6.10. The summed E-state index contributed by atoms with van der Waals surface area (Å²) in [7, 11) is -4.20. The van der Waals surface area contributed by atoms with Crippen molar-refractivity contribution in [3.05, 3.63) is 55.1 Å². The van der Waals surface area contributed by atoms with Gasteiger partial charge in [0.25, 0.3) is 0 Å². The first-order chi connectivity index (χ1) is 18.5. The van der Waals surface area contributed by atoms with Crippen LogP contribution in [0.2, 0.25) is 0 Å². The number of para-hydroxylation sites is 1. The Bertz CT molecular complexity index is 1450. The number of rotatable bonds is 11. The largest absolute Gasteiger partial charge is 0.462 e. The molecule has 13 heteroatoms. The fourth-order valence-electron chi connectivity index (χ4n) is 4.57. The topological polar surface area (TPSA) is 164 Å². The Kier molecular flexibility index (Phi) is 8.09. The average molecular weight is 555 g/mol. The number of nitrogens with two attached hydrogens (primary N) is 1. The van der Waals surface area contributed by atoms with E-state index in [-0.39, 0.29) is 30.9 Å². The smallest absolute Gasteiger partial charge is 0.459 e. The van der Waals surface area contributed by atoms with Crippen LogP contribution in [-0.2, 0) is 18.6 Å². The maximum atomic E-state index is 13.9. The molecule has 4 N–H and O–H groups in total. The first-order valence-electron chi connectivity index (χ1n) is 12.2. The van der Waals surface area contributed by atoms with Crippen molar-refractivity contribution in [1.29, 1.82) is 0 Å². The van der Waals surface area contributed by atoms with E-state index in [4.69, 9.17) is 25.9 Å². The Labute approximate surface area is 226 Å². The van der Waals surface area contributed by atoms with Gasteiger partial charge in [0.2, 0.25) is 0 Å². The van der Waals surface area contributed by atoms with Crippen molar-refractivity contribution in [3.63, 3.8) is 0 Å². The summed E-state index contributed by atoms with van der Waals surface area (Å²) in [6.45, 7) is 8.40. The molecule has 0 radical (unpaired) electrons. The lowest BCUT2D eigenvalue weighted by molar-refractivity contribution is -0.149. The number of imidazole rings is 1. The van der Waals surface area contributed by atoms with E-state index in [9.17, 15) is 14.5 Å². The van der Waals surface area contributed by atoms with Crippen LogP contribution < -0.4 is 15.3 Å². The molecule has 1 aromatic carbocycles. The van der Waals surface area contributed by atoms with Gasteiger partial charge in [-0.1, -0.05) is 30.7 Å². The minimum atomic E-state index is -4.20. The minimum Gasteiger partial charge on any atom is -0.462 e. The molecule has 1 unspecified atom stereocenters. The number of nitrogens with one attached hydrogen (secondary N) is 1. The number of nitrogen functional groups attached to an aromatic ring is 1. The molecule has 206 valence electrons. The number of aromatic nitrogens is 4. The van der Waals surface area contributed by atoms with Crippen LogP contribution in [0.3, 0.4) is 0 Å². The lowest BCUT2D eigenvalue weighted by Gasteiger charge is -2.53. The van der Waals surface area contributed by atoms with Crippen molar-refractivity contribution >= 4 is 30.7 Å². The van der Waals surface area contributed by atoms with Gasteiger partial charge in [0.05, 0.1) is 37.1 Å². The number of carbonyl (C=O) groups excluding carboxylic acids is 1. The number of terminal acetylenes is 1. The van der Waals surface area contributed by atoms with Crippen LogP contribution in [0.15, 0.2) is 55.1 Å². The molecule has 5 atom stereocenters. The van der Waals surface area contributed by atoms with Crippen LogP contribution in [0.25, 0.3) is 11.2 Å². The minimum absolute atomic E-state index is 0.214. The molecule has 2 heterocycles. The van der Waals surface area contributed by atoms with Crippen LogP contribution in [-0.4, -0.2) is 56.0 Å². The molecule has 1 fully saturated rings. The van der Waals surface area contributed by atoms with Crippen LogP contribution in [0.1, 0.15) is 26.8 Å². The molecular weight excluding hydrogens is 523 g/mol. The lowest BCUT2D eigenvalue weighted by atomic mass is 9.54. The summed E-state index contributed by atoms with van der Waals surface area (Å²) >= 11 is 0. The highest BCUT2D eigenvalue weighted by molar-refractivity contribution is 7.52. The van der Waals surface area contributed by atoms with E-state index in [2.05, 4.69) is 32.5 Å². The van der Waals surface area contributed by atoms with Gasteiger partial charge < -0.3 is 24.7 Å². The second-order valence-corrected chi connectivity index (χ2v) is 11.2. The number of aliphatic hydroxyl groups is 1. The number of benzene rings is 1. The van der Waals surface area contributed by atoms with Gasteiger partial charge in [0.15, 0.2) is 11.5 Å². The second-order valence-electron chi connectivity index (χ2n) is 9.47. The molecular formula is C26H31N6O6P. The number of fused-ring (bicyclic) bond motifs is 1. The summed E-state index contributed by atoms with van der Waals surface area (Å²) < 4.78 is 32.5. The zero-order valence-electron chi connectivity index (χ0n) is 21.9. The zero-order valence-corrected chi connectivity index (χ0v) is 22.7. The number of hydrogen-bond acceptors (Lipinski definition) is 10. The predicted molar refractivity (Wildman–Crippen MR) is 144 cm³/mol. The first-order valence-corrected chi connectivity index (χ1v) is 13.8. The van der Waals surface area contributed by atoms with Gasteiger partial charge in [-0.15, -0.1) is 6.42 Å². The van der Waals surface area contributed by atoms with Crippen LogP contribution in [0.4, 0.5) is 5.82 Å². The quantitative estimate of drug-likeness (QED) is 0.138. The van der Waals surface area contributed by atoms with E-state index in [1.54, 1.807) is 48.7 Å². The summed E-state index contributed by atoms with van der Waals surface area (Å²) in [5, 5.41) is 13.0. The molecule has 12 nitrogen and oxygen atoms in total. The van der Waals surface area contributed by atoms with Crippen molar-refractivity contribution in [2.75, 3.05) is 18.9 Å². The first kappa shape index (κ1) is 28.3. The van der Waals surface area contributed by atoms with Gasteiger partial charge in [-0.05, 0) is 38.5 Å². The number of esters is 1. The number of hydrogen-bond donors (Lipinski definition) is 3. The molecule has 0 aliphatic heterocycles. The molecule has 3 aromatic rings. The van der Waals surface area contributed by atoms with E-state index in [0.717, 1.165) is 0 Å². The van der Waals surface area contributed by atoms with Gasteiger partial charge in [0.1, 0.15) is 23.6 Å². The summed E-state index contributed by atoms with van der Waals surface area (Å²) in [6, 6.07) is 6.84. The Morgan fingerprint density at radius 2 is 2.03 bits per heavy atom. The number of ether oxygens (including phenoxy) is 1. The van der Waals surface area contributed by atoms with E-state index in [0.29, 0.717) is 16.7 Å². The van der Waals surface area contributed by atoms with E-state index < -0.39 is 37.1 Å². The highest BCUT2D eigenvalue weighted by Gasteiger charge is 2.58. The number of nitrogens with zero attached hydrogens (tertiary/aromatic N) is 4. The monoisotopic (exact) mass is 554 g/mol. The number of anilines is 1. The SMILES string of the molecule is C#C[C@]1(COP(=O)(N[C@@H](C)C(=O)OC(C)C)Oc2ccccc2)C(=C)[C@@H](n2cnc3c(N)ncnc32)[C@@H]1CO. The third-order valence-electron chi connectivity index (χ3n) is 6.57. The standard InChI is InChI=1S/C26H31N6O6P/c1-6-26(17(4)22(20(26)12-33)32-15-30-21-23(27)28-14-29-24(21)32)13-36-39(35,38-19-10-8-7-9-11-19)31-18(5)25(34)37-16(2)3/h1,7-11,14-16,18,20,22,33H,4,12-13H2,2-3,5H3,(H,31,35)(H2,27,28,29)/t18-,20-,22+,26-,39?/m0/s1. The molecule has 0 spiro atoms. The molecule has 0 amide bonds. The number of aliphatic hydroxyl groups excluding tert-OH is 1. The van der Waals surface area contributed by atoms with E-state index in [1.807, 2.05) is 0 Å². The van der Waals surface area contributed by atoms with Crippen molar-refractivity contribution in [3.8, 4) is 18.1 Å². The van der Waals surface area contributed by atoms with Crippen molar-refractivity contribution < 1.29 is 28.3 Å². The van der Waals surface area contributed by atoms with Gasteiger partial charge in [-0.25, -0.2) is 19.5 Å². The fraction of sp³-hybridized carbons (Fsp3) is 0.385. The lowest BCUT2D eigenvalue weighted by Crippen LogP contribution is -2.54. The molecule has 1 saturated carbocycles. The molecule has 0 saturated heterocycles. The van der Waals surface area contributed by atoms with E-state index >= 15 is 0 Å². The highest BCUT2D eigenvalue weighted by Crippen LogP contribution is 2.59. The zero-order chi connectivity index (χ0) is 28.4. The Morgan fingerprint density at radius 3 is 2.67 bits per heavy atom. The van der Waals surface area contributed by atoms with Crippen LogP contribution >= 0.6 is 7.75 Å². The van der Waals surface area contributed by atoms with Gasteiger partial charge >= 0.3 is 13.7 Å². The van der Waals surface area contributed by atoms with Gasteiger partial charge in [-0.3, -0.25) is 9.32 Å². The Morgan fingerprint density at radius 1 is 1.31 bits per heavy atom. The molecule has 1 aliphatic rings. The third kappa shape index (κ3) is 5.40. The molecule has 4 rings (SSSR count). The summed E-state index contributed by atoms with van der Waals surface area (Å²) in [6.07, 6.45) is 8.44. The summed E-state index contributed by atoms with van der Waals surface area (Å²) in [5.74, 6) is 1.91. The van der Waals surface area contributed by atoms with Gasteiger partial charge in [0, 0.05) is 5.92 Å². The maximum absolute atomic E-state index is 13.9. The van der Waals surface area contributed by atoms with Crippen LogP contribution in [0.5, 0.6) is 5.75 Å². The average Bonchev–Trinajstić information content (AvgIpc) is 3.32. The van der Waals surface area contributed by atoms with Crippen molar-refractivity contribution in [2.24, 2.45) is 11.3 Å². The van der Waals surface area contributed by atoms with E-state index in [1.165, 1.54) is 19.6 Å². The number of carbonyl (C=O) groups is 1. The van der Waals surface area contributed by atoms with Gasteiger partial charge in [-0.2, -0.15) is 5.09 Å². The van der Waals surface area contributed by atoms with Crippen LogP contribution in [0, 0.1) is 23.7 Å². The summed E-state index contributed by atoms with van der Waals surface area (Å²) in [4.78, 5) is 24.9. The molecule has 2 aromatic heterocycles. The maximum Gasteiger partial charge on any atom is 0.459 e. The van der Waals surface area contributed by atoms with Crippen molar-refractivity contribution in [2.45, 2.75) is 39.0 Å². The Hall–Kier alpha value is -3.75. The molecule has 0 bridgehead atoms. The second kappa shape index (κ2) is 11.2. The highest BCUT2D eigenvalue weighted by atomic mass is 31.2. The Balaban J connectivity index is 1.60. The molecule has 1 aliphatic carbocycles. The predicted octanol–water partition coefficient (Wildman–Crippen LogP) is 2.88.